The van der Waals surface area contributed by atoms with Crippen LogP contribution < -0.4 is 20.1 Å². The molecule has 2 atom stereocenters. The molecule has 31 heavy (non-hydrogen) atoms. The van der Waals surface area contributed by atoms with Gasteiger partial charge in [-0.05, 0) is 62.4 Å². The average Bonchev–Trinajstić information content (AvgIpc) is 2.94. The molecule has 166 valence electrons. The van der Waals surface area contributed by atoms with Crippen LogP contribution in [0, 0.1) is 0 Å². The van der Waals surface area contributed by atoms with Gasteiger partial charge >= 0.3 is 12.2 Å². The molecule has 3 rings (SSSR count). The molecule has 0 bridgehead atoms. The average molecular weight is 457 g/mol. The van der Waals surface area contributed by atoms with Gasteiger partial charge in [0.15, 0.2) is 0 Å². The maximum Gasteiger partial charge on any atom is 0.416 e. The summed E-state index contributed by atoms with van der Waals surface area (Å²) in [5.41, 5.74) is -2.28. The molecule has 2 aromatic rings. The lowest BCUT2D eigenvalue weighted by atomic mass is 9.95. The Hall–Kier alpha value is -3.12. The predicted molar refractivity (Wildman–Crippen MR) is 103 cm³/mol. The Labute approximate surface area is 175 Å². The van der Waals surface area contributed by atoms with E-state index in [1.807, 2.05) is 0 Å². The number of halogens is 3. The third-order valence-corrected chi connectivity index (χ3v) is 6.38. The number of ether oxygens (including phenoxy) is 1. The summed E-state index contributed by atoms with van der Waals surface area (Å²) in [4.78, 5) is 23.2. The largest absolute Gasteiger partial charge is 0.457 e. The molecule has 12 heteroatoms. The summed E-state index contributed by atoms with van der Waals surface area (Å²) in [5, 5.41) is 4.44. The van der Waals surface area contributed by atoms with E-state index in [0.29, 0.717) is 0 Å². The van der Waals surface area contributed by atoms with Crippen LogP contribution in [0.15, 0.2) is 53.4 Å². The molecule has 1 saturated heterocycles. The van der Waals surface area contributed by atoms with Gasteiger partial charge in [0.2, 0.25) is 10.0 Å². The van der Waals surface area contributed by atoms with E-state index in [9.17, 15) is 31.2 Å². The highest BCUT2D eigenvalue weighted by molar-refractivity contribution is 7.89. The fourth-order valence-electron chi connectivity index (χ4n) is 2.82. The molecule has 1 heterocycles. The van der Waals surface area contributed by atoms with Gasteiger partial charge in [-0.25, -0.2) is 17.9 Å². The molecule has 1 aliphatic heterocycles. The summed E-state index contributed by atoms with van der Waals surface area (Å²) in [6.45, 7) is 2.83. The summed E-state index contributed by atoms with van der Waals surface area (Å²) >= 11 is 0. The van der Waals surface area contributed by atoms with Crippen molar-refractivity contribution in [2.75, 3.05) is 0 Å². The van der Waals surface area contributed by atoms with Crippen LogP contribution >= 0.6 is 0 Å². The zero-order chi connectivity index (χ0) is 23.0. The summed E-state index contributed by atoms with van der Waals surface area (Å²) in [5.74, 6) is -0.305. The van der Waals surface area contributed by atoms with Gasteiger partial charge in [0.05, 0.1) is 16.5 Å². The van der Waals surface area contributed by atoms with Crippen LogP contribution in [0.1, 0.15) is 19.4 Å². The van der Waals surface area contributed by atoms with Crippen molar-refractivity contribution in [2.24, 2.45) is 0 Å². The van der Waals surface area contributed by atoms with Crippen molar-refractivity contribution in [2.45, 2.75) is 36.5 Å². The number of nitrogens with one attached hydrogen (secondary N) is 3. The van der Waals surface area contributed by atoms with Crippen molar-refractivity contribution in [3.05, 3.63) is 54.1 Å². The first kappa shape index (κ1) is 22.6. The van der Waals surface area contributed by atoms with E-state index >= 15 is 0 Å². The van der Waals surface area contributed by atoms with Crippen LogP contribution in [0.3, 0.4) is 0 Å². The Bertz CT molecular complexity index is 1100. The van der Waals surface area contributed by atoms with Gasteiger partial charge in [0.25, 0.3) is 5.91 Å². The molecular formula is C19H18F3N3O5S. The Morgan fingerprint density at radius 1 is 1.00 bits per heavy atom. The van der Waals surface area contributed by atoms with Gasteiger partial charge in [-0.2, -0.15) is 13.2 Å². The smallest absolute Gasteiger partial charge is 0.416 e. The van der Waals surface area contributed by atoms with E-state index < -0.39 is 45.3 Å². The molecular weight excluding hydrogens is 439 g/mol. The number of carbonyl (C=O) groups excluding carboxylic acids is 2. The minimum Gasteiger partial charge on any atom is -0.457 e. The quantitative estimate of drug-likeness (QED) is 0.578. The summed E-state index contributed by atoms with van der Waals surface area (Å²) in [6.07, 6.45) is -4.46. The Morgan fingerprint density at radius 3 is 1.97 bits per heavy atom. The van der Waals surface area contributed by atoms with E-state index in [1.54, 1.807) is 0 Å². The lowest BCUT2D eigenvalue weighted by Gasteiger charge is -2.28. The van der Waals surface area contributed by atoms with Crippen LogP contribution in [0.4, 0.5) is 18.0 Å². The topological polar surface area (TPSA) is 114 Å². The molecule has 8 nitrogen and oxygen atoms in total. The zero-order valence-corrected chi connectivity index (χ0v) is 17.1. The highest BCUT2D eigenvalue weighted by atomic mass is 32.2. The van der Waals surface area contributed by atoms with Crippen LogP contribution in [-0.2, 0) is 21.0 Å². The number of hydrogen-bond donors (Lipinski definition) is 3. The van der Waals surface area contributed by atoms with E-state index in [2.05, 4.69) is 15.4 Å². The molecule has 0 unspecified atom stereocenters. The number of carbonyl (C=O) groups is 2. The second-order valence-electron chi connectivity index (χ2n) is 7.05. The van der Waals surface area contributed by atoms with Crippen molar-refractivity contribution in [3.63, 3.8) is 0 Å². The van der Waals surface area contributed by atoms with Gasteiger partial charge < -0.3 is 10.1 Å². The number of sulfonamides is 1. The minimum atomic E-state index is -4.46. The lowest BCUT2D eigenvalue weighted by molar-refractivity contribution is -0.137. The van der Waals surface area contributed by atoms with Crippen molar-refractivity contribution >= 4 is 22.0 Å². The Morgan fingerprint density at radius 2 is 1.52 bits per heavy atom. The van der Waals surface area contributed by atoms with Gasteiger partial charge in [-0.3, -0.25) is 10.1 Å². The molecule has 0 saturated carbocycles. The first-order valence-electron chi connectivity index (χ1n) is 8.92. The fourth-order valence-corrected chi connectivity index (χ4v) is 4.15. The van der Waals surface area contributed by atoms with Crippen molar-refractivity contribution in [3.8, 4) is 11.5 Å². The number of amides is 3. The van der Waals surface area contributed by atoms with Crippen LogP contribution in [0.25, 0.3) is 0 Å². The first-order valence-corrected chi connectivity index (χ1v) is 10.4. The lowest BCUT2D eigenvalue weighted by Crippen LogP contribution is -2.59. The molecule has 2 aromatic carbocycles. The Kier molecular flexibility index (Phi) is 5.72. The van der Waals surface area contributed by atoms with E-state index in [4.69, 9.17) is 4.74 Å². The van der Waals surface area contributed by atoms with Crippen molar-refractivity contribution < 1.29 is 35.9 Å². The number of alkyl halides is 3. The van der Waals surface area contributed by atoms with Crippen LogP contribution in [0.5, 0.6) is 11.5 Å². The second kappa shape index (κ2) is 7.85. The predicted octanol–water partition coefficient (Wildman–Crippen LogP) is 2.76. The molecule has 0 spiro atoms. The third-order valence-electron chi connectivity index (χ3n) is 4.82. The maximum absolute atomic E-state index is 12.6. The molecule has 0 radical (unpaired) electrons. The molecule has 3 N–H and O–H groups in total. The minimum absolute atomic E-state index is 0.132. The third kappa shape index (κ3) is 4.80. The number of urea groups is 1. The van der Waals surface area contributed by atoms with E-state index in [-0.39, 0.29) is 16.4 Å². The van der Waals surface area contributed by atoms with E-state index in [0.717, 1.165) is 24.3 Å². The highest BCUT2D eigenvalue weighted by Gasteiger charge is 2.47. The molecule has 3 amide bonds. The normalized spacial score (nSPS) is 20.2. The SMILES string of the molecule is C[C@@H](NS(=O)(=O)c1ccc(Oc2ccc(C(F)(F)F)cc2)cc1)[C@@]1(C)NC(=O)NC1=O. The number of rotatable bonds is 6. The fraction of sp³-hybridized carbons (Fsp3) is 0.263. The highest BCUT2D eigenvalue weighted by Crippen LogP contribution is 2.31. The van der Waals surface area contributed by atoms with Crippen molar-refractivity contribution in [1.82, 2.24) is 15.4 Å². The number of hydrogen-bond acceptors (Lipinski definition) is 5. The standard InChI is InChI=1S/C19H18F3N3O5S/c1-11(18(2)16(26)23-17(27)24-18)25-31(28,29)15-9-7-14(8-10-15)30-13-5-3-12(4-6-13)19(20,21)22/h3-11,25H,1-2H3,(H2,23,24,26,27)/t11-,18-/m1/s1. The second-order valence-corrected chi connectivity index (χ2v) is 8.76. The van der Waals surface area contributed by atoms with Crippen molar-refractivity contribution in [1.29, 1.82) is 0 Å². The number of benzene rings is 2. The van der Waals surface area contributed by atoms with Crippen LogP contribution in [0.2, 0.25) is 0 Å². The molecule has 0 aromatic heterocycles. The number of imide groups is 1. The monoisotopic (exact) mass is 457 g/mol. The molecule has 0 aliphatic carbocycles. The molecule has 1 fully saturated rings. The van der Waals surface area contributed by atoms with Gasteiger partial charge in [-0.15, -0.1) is 0 Å². The maximum atomic E-state index is 12.6. The van der Waals surface area contributed by atoms with Gasteiger partial charge in [0, 0.05) is 0 Å². The van der Waals surface area contributed by atoms with Crippen LogP contribution in [-0.4, -0.2) is 31.9 Å². The van der Waals surface area contributed by atoms with Gasteiger partial charge in [-0.1, -0.05) is 0 Å². The zero-order valence-electron chi connectivity index (χ0n) is 16.3. The Balaban J connectivity index is 1.70. The first-order chi connectivity index (χ1) is 14.3. The summed E-state index contributed by atoms with van der Waals surface area (Å²) < 4.78 is 70.9. The summed E-state index contributed by atoms with van der Waals surface area (Å²) in [7, 11) is -4.05. The summed E-state index contributed by atoms with van der Waals surface area (Å²) in [6, 6.07) is 7.52. The van der Waals surface area contributed by atoms with Gasteiger partial charge in [0.1, 0.15) is 17.0 Å². The molecule has 1 aliphatic rings. The van der Waals surface area contributed by atoms with E-state index in [1.165, 1.54) is 38.1 Å².